The van der Waals surface area contributed by atoms with E-state index in [0.29, 0.717) is 26.1 Å². The molecular formula is C22H27N7O2. The van der Waals surface area contributed by atoms with Gasteiger partial charge in [-0.25, -0.2) is 9.97 Å². The van der Waals surface area contributed by atoms with Gasteiger partial charge in [-0.3, -0.25) is 9.78 Å². The van der Waals surface area contributed by atoms with Crippen LogP contribution in [-0.2, 0) is 16.1 Å². The molecule has 1 fully saturated rings. The highest BCUT2D eigenvalue weighted by molar-refractivity contribution is 5.89. The van der Waals surface area contributed by atoms with Crippen LogP contribution in [0.4, 0.5) is 5.82 Å². The van der Waals surface area contributed by atoms with Crippen LogP contribution in [-0.4, -0.2) is 75.8 Å². The Bertz CT molecular complexity index is 1130. The molecule has 2 aliphatic rings. The van der Waals surface area contributed by atoms with E-state index in [2.05, 4.69) is 20.2 Å². The standard InChI is InChI=1S/C22H27N7O2/c1-13-25-17-7-8-23-20-16-5-4-6-19(27-16)26-14-9-18(24-10-14)22(30)28(2)11-15(31-3)12-29(13)21(17)20/h4-8,14-15,18,24H,9-12H2,1-3H3,(H,26,27). The van der Waals surface area contributed by atoms with Crippen molar-refractivity contribution in [3.8, 4) is 11.4 Å². The van der Waals surface area contributed by atoms with Crippen molar-refractivity contribution in [2.75, 3.05) is 32.6 Å². The van der Waals surface area contributed by atoms with Crippen LogP contribution in [0.5, 0.6) is 0 Å². The van der Waals surface area contributed by atoms with E-state index in [-0.39, 0.29) is 24.1 Å². The number of rotatable bonds is 1. The number of nitrogens with zero attached hydrogens (tertiary/aromatic N) is 5. The molecule has 3 atom stereocenters. The maximum absolute atomic E-state index is 13.0. The summed E-state index contributed by atoms with van der Waals surface area (Å²) >= 11 is 0. The zero-order valence-corrected chi connectivity index (χ0v) is 18.0. The Balaban J connectivity index is 1.66. The van der Waals surface area contributed by atoms with Gasteiger partial charge < -0.3 is 24.8 Å². The first-order chi connectivity index (χ1) is 15.0. The number of ether oxygens (including phenoxy) is 1. The van der Waals surface area contributed by atoms with Crippen LogP contribution in [0.25, 0.3) is 22.4 Å². The van der Waals surface area contributed by atoms with Crippen LogP contribution >= 0.6 is 0 Å². The lowest BCUT2D eigenvalue weighted by Gasteiger charge is -2.26. The fourth-order valence-electron chi connectivity index (χ4n) is 4.57. The molecule has 0 aromatic carbocycles. The van der Waals surface area contributed by atoms with Gasteiger partial charge in [-0.05, 0) is 31.5 Å². The summed E-state index contributed by atoms with van der Waals surface area (Å²) in [6.45, 7) is 3.75. The fourth-order valence-corrected chi connectivity index (χ4v) is 4.57. The lowest BCUT2D eigenvalue weighted by Crippen LogP contribution is -2.45. The number of hydrogen-bond donors (Lipinski definition) is 2. The lowest BCUT2D eigenvalue weighted by atomic mass is 10.1. The minimum atomic E-state index is -0.214. The third-order valence-electron chi connectivity index (χ3n) is 6.19. The van der Waals surface area contributed by atoms with Crippen molar-refractivity contribution < 1.29 is 9.53 Å². The molecule has 1 saturated heterocycles. The Morgan fingerprint density at radius 3 is 2.90 bits per heavy atom. The highest BCUT2D eigenvalue weighted by Crippen LogP contribution is 2.28. The van der Waals surface area contributed by atoms with Gasteiger partial charge >= 0.3 is 0 Å². The van der Waals surface area contributed by atoms with Gasteiger partial charge in [0.25, 0.3) is 0 Å². The highest BCUT2D eigenvalue weighted by Gasteiger charge is 2.32. The van der Waals surface area contributed by atoms with Gasteiger partial charge in [-0.2, -0.15) is 0 Å². The minimum absolute atomic E-state index is 0.0810. The zero-order chi connectivity index (χ0) is 21.5. The largest absolute Gasteiger partial charge is 0.378 e. The van der Waals surface area contributed by atoms with Crippen molar-refractivity contribution >= 4 is 22.8 Å². The molecule has 3 aromatic rings. The van der Waals surface area contributed by atoms with E-state index < -0.39 is 0 Å². The second-order valence-electron chi connectivity index (χ2n) is 8.32. The molecule has 4 bridgehead atoms. The number of carbonyl (C=O) groups excluding carboxylic acids is 1. The molecule has 162 valence electrons. The maximum Gasteiger partial charge on any atom is 0.239 e. The lowest BCUT2D eigenvalue weighted by molar-refractivity contribution is -0.133. The van der Waals surface area contributed by atoms with Gasteiger partial charge in [0, 0.05) is 39.5 Å². The van der Waals surface area contributed by atoms with E-state index in [1.54, 1.807) is 18.2 Å². The van der Waals surface area contributed by atoms with E-state index in [1.807, 2.05) is 38.2 Å². The second-order valence-corrected chi connectivity index (χ2v) is 8.32. The number of fused-ring (bicyclic) bond motifs is 5. The summed E-state index contributed by atoms with van der Waals surface area (Å²) in [5.41, 5.74) is 3.38. The van der Waals surface area contributed by atoms with Crippen molar-refractivity contribution in [2.45, 2.75) is 38.1 Å². The summed E-state index contributed by atoms with van der Waals surface area (Å²) in [6.07, 6.45) is 2.30. The Morgan fingerprint density at radius 2 is 2.06 bits per heavy atom. The minimum Gasteiger partial charge on any atom is -0.378 e. The van der Waals surface area contributed by atoms with Crippen LogP contribution in [0, 0.1) is 6.92 Å². The number of imidazole rings is 1. The van der Waals surface area contributed by atoms with Crippen molar-refractivity contribution in [2.24, 2.45) is 0 Å². The number of amides is 1. The normalized spacial score (nSPS) is 24.0. The number of hydrogen-bond acceptors (Lipinski definition) is 7. The van der Waals surface area contributed by atoms with Crippen LogP contribution in [0.3, 0.4) is 0 Å². The van der Waals surface area contributed by atoms with E-state index >= 15 is 0 Å². The fraction of sp³-hybridized carbons (Fsp3) is 0.455. The number of aromatic nitrogens is 4. The first-order valence-corrected chi connectivity index (χ1v) is 10.6. The quantitative estimate of drug-likeness (QED) is 0.613. The number of methoxy groups -OCH3 is 1. The molecule has 0 saturated carbocycles. The van der Waals surface area contributed by atoms with Crippen LogP contribution < -0.4 is 10.6 Å². The monoisotopic (exact) mass is 421 g/mol. The number of aryl methyl sites for hydroxylation is 1. The molecule has 3 unspecified atom stereocenters. The summed E-state index contributed by atoms with van der Waals surface area (Å²) in [7, 11) is 3.52. The molecular weight excluding hydrogens is 394 g/mol. The first kappa shape index (κ1) is 19.9. The van der Waals surface area contributed by atoms with Crippen LogP contribution in [0.2, 0.25) is 0 Å². The van der Waals surface area contributed by atoms with Crippen LogP contribution in [0.15, 0.2) is 30.5 Å². The van der Waals surface area contributed by atoms with Crippen molar-refractivity contribution in [3.05, 3.63) is 36.3 Å². The molecule has 0 spiro atoms. The Labute approximate surface area is 180 Å². The van der Waals surface area contributed by atoms with E-state index in [1.165, 1.54) is 0 Å². The van der Waals surface area contributed by atoms with Crippen molar-refractivity contribution in [1.29, 1.82) is 0 Å². The summed E-state index contributed by atoms with van der Waals surface area (Å²) in [4.78, 5) is 29.0. The van der Waals surface area contributed by atoms with Gasteiger partial charge in [0.05, 0.1) is 35.4 Å². The average Bonchev–Trinajstić information content (AvgIpc) is 3.36. The van der Waals surface area contributed by atoms with Crippen molar-refractivity contribution in [3.63, 3.8) is 0 Å². The predicted octanol–water partition coefficient (Wildman–Crippen LogP) is 1.43. The van der Waals surface area contributed by atoms with Gasteiger partial charge in [-0.1, -0.05) is 6.07 Å². The Kier molecular flexibility index (Phi) is 5.07. The van der Waals surface area contributed by atoms with E-state index in [0.717, 1.165) is 34.1 Å². The molecule has 0 aliphatic carbocycles. The first-order valence-electron chi connectivity index (χ1n) is 10.6. The van der Waals surface area contributed by atoms with E-state index in [4.69, 9.17) is 14.7 Å². The zero-order valence-electron chi connectivity index (χ0n) is 18.0. The number of nitrogens with one attached hydrogen (secondary N) is 2. The Morgan fingerprint density at radius 1 is 1.19 bits per heavy atom. The summed E-state index contributed by atoms with van der Waals surface area (Å²) < 4.78 is 7.90. The molecule has 9 nitrogen and oxygen atoms in total. The number of anilines is 1. The third kappa shape index (κ3) is 3.64. The Hall–Kier alpha value is -3.04. The summed E-state index contributed by atoms with van der Waals surface area (Å²) in [6, 6.07) is 7.73. The predicted molar refractivity (Wildman–Crippen MR) is 118 cm³/mol. The molecule has 3 aromatic heterocycles. The molecule has 2 aliphatic heterocycles. The maximum atomic E-state index is 13.0. The van der Waals surface area contributed by atoms with Gasteiger partial charge in [0.2, 0.25) is 5.91 Å². The van der Waals surface area contributed by atoms with Gasteiger partial charge in [-0.15, -0.1) is 0 Å². The molecule has 5 rings (SSSR count). The number of carbonyl (C=O) groups is 1. The topological polar surface area (TPSA) is 97.2 Å². The van der Waals surface area contributed by atoms with Gasteiger partial charge in [0.1, 0.15) is 17.3 Å². The second kappa shape index (κ2) is 7.90. The number of pyridine rings is 2. The summed E-state index contributed by atoms with van der Waals surface area (Å²) in [5.74, 6) is 1.73. The molecule has 1 amide bonds. The molecule has 5 heterocycles. The molecule has 9 heteroatoms. The SMILES string of the molecule is COC1CN(C)C(=O)C2CC(CN2)Nc2cccc(n2)-c2nccc3nc(C)n(c23)C1. The van der Waals surface area contributed by atoms with Gasteiger partial charge in [0.15, 0.2) is 0 Å². The smallest absolute Gasteiger partial charge is 0.239 e. The van der Waals surface area contributed by atoms with Crippen molar-refractivity contribution in [1.82, 2.24) is 29.7 Å². The van der Waals surface area contributed by atoms with E-state index in [9.17, 15) is 4.79 Å². The van der Waals surface area contributed by atoms with Crippen LogP contribution in [0.1, 0.15) is 12.2 Å². The highest BCUT2D eigenvalue weighted by atomic mass is 16.5. The number of likely N-dealkylation sites (N-methyl/N-ethyl adjacent to an activating group) is 1. The molecule has 0 radical (unpaired) electrons. The molecule has 2 N–H and O–H groups in total. The third-order valence-corrected chi connectivity index (χ3v) is 6.19. The molecule has 31 heavy (non-hydrogen) atoms. The average molecular weight is 422 g/mol. The summed E-state index contributed by atoms with van der Waals surface area (Å²) in [5, 5.41) is 6.82.